The van der Waals surface area contributed by atoms with Gasteiger partial charge in [-0.25, -0.2) is 18.1 Å². The lowest BCUT2D eigenvalue weighted by Crippen LogP contribution is -2.31. The topological polar surface area (TPSA) is 94.6 Å². The van der Waals surface area contributed by atoms with Crippen molar-refractivity contribution in [2.24, 2.45) is 0 Å². The van der Waals surface area contributed by atoms with Crippen molar-refractivity contribution >= 4 is 15.9 Å². The van der Waals surface area contributed by atoms with Crippen LogP contribution in [-0.4, -0.2) is 32.5 Å². The highest BCUT2D eigenvalue weighted by molar-refractivity contribution is 7.90. The van der Waals surface area contributed by atoms with Crippen LogP contribution in [-0.2, 0) is 16.4 Å². The molecular formula is C17H18N2O5S. The van der Waals surface area contributed by atoms with Crippen LogP contribution in [0, 0.1) is 0 Å². The van der Waals surface area contributed by atoms with E-state index in [4.69, 9.17) is 9.47 Å². The fourth-order valence-corrected chi connectivity index (χ4v) is 3.67. The van der Waals surface area contributed by atoms with Gasteiger partial charge < -0.3 is 9.47 Å². The number of hydrogen-bond acceptors (Lipinski definition) is 6. The molecule has 25 heavy (non-hydrogen) atoms. The summed E-state index contributed by atoms with van der Waals surface area (Å²) in [7, 11) is -4.07. The molecule has 2 aromatic rings. The number of carbonyl (C=O) groups excluding carboxylic acids is 1. The van der Waals surface area contributed by atoms with E-state index in [2.05, 4.69) is 9.71 Å². The smallest absolute Gasteiger partial charge is 0.268 e. The maximum absolute atomic E-state index is 12.5. The molecule has 1 amide bonds. The highest BCUT2D eigenvalue weighted by atomic mass is 32.2. The molecule has 132 valence electrons. The Hall–Kier alpha value is -2.61. The van der Waals surface area contributed by atoms with Crippen molar-refractivity contribution < 1.29 is 22.7 Å². The quantitative estimate of drug-likeness (QED) is 0.873. The molecule has 3 rings (SSSR count). The van der Waals surface area contributed by atoms with Gasteiger partial charge in [-0.3, -0.25) is 4.79 Å². The molecule has 1 aliphatic rings. The number of nitrogens with zero attached hydrogens (tertiary/aromatic N) is 1. The van der Waals surface area contributed by atoms with Crippen molar-refractivity contribution in [1.29, 1.82) is 0 Å². The minimum atomic E-state index is -4.07. The second kappa shape index (κ2) is 7.10. The van der Waals surface area contributed by atoms with E-state index in [-0.39, 0.29) is 16.2 Å². The Morgan fingerprint density at radius 3 is 2.96 bits per heavy atom. The lowest BCUT2D eigenvalue weighted by Gasteiger charge is -2.16. The molecule has 0 spiro atoms. The number of para-hydroxylation sites is 1. The van der Waals surface area contributed by atoms with Crippen LogP contribution in [0.15, 0.2) is 41.4 Å². The van der Waals surface area contributed by atoms with Gasteiger partial charge in [-0.2, -0.15) is 0 Å². The molecule has 2 heterocycles. The van der Waals surface area contributed by atoms with Crippen LogP contribution in [0.1, 0.15) is 29.3 Å². The Morgan fingerprint density at radius 1 is 1.36 bits per heavy atom. The van der Waals surface area contributed by atoms with Gasteiger partial charge in [0, 0.05) is 11.8 Å². The highest BCUT2D eigenvalue weighted by Crippen LogP contribution is 2.25. The Morgan fingerprint density at radius 2 is 2.16 bits per heavy atom. The third kappa shape index (κ3) is 3.74. The standard InChI is InChI=1S/C17H18N2O5S/c1-2-23-14-7-3-4-8-15(14)25(21,22)19-16(20)13-10-12-6-5-9-24-17(12)18-11-13/h3-4,7-8,10-11H,2,5-6,9H2,1H3,(H,19,20). The van der Waals surface area contributed by atoms with E-state index in [1.54, 1.807) is 31.2 Å². The molecule has 0 unspecified atom stereocenters. The number of hydrogen-bond donors (Lipinski definition) is 1. The van der Waals surface area contributed by atoms with Gasteiger partial charge in [0.2, 0.25) is 5.88 Å². The van der Waals surface area contributed by atoms with E-state index in [9.17, 15) is 13.2 Å². The molecule has 0 saturated heterocycles. The molecule has 0 saturated carbocycles. The number of rotatable bonds is 5. The SMILES string of the molecule is CCOc1ccccc1S(=O)(=O)NC(=O)c1cnc2c(c1)CCCO2. The van der Waals surface area contributed by atoms with E-state index in [0.29, 0.717) is 19.1 Å². The van der Waals surface area contributed by atoms with Crippen LogP contribution in [0.4, 0.5) is 0 Å². The summed E-state index contributed by atoms with van der Waals surface area (Å²) in [5, 5.41) is 0. The van der Waals surface area contributed by atoms with Crippen molar-refractivity contribution in [3.63, 3.8) is 0 Å². The number of nitrogens with one attached hydrogen (secondary N) is 1. The maximum Gasteiger partial charge on any atom is 0.268 e. The minimum absolute atomic E-state index is 0.0838. The number of pyridine rings is 1. The third-order valence-electron chi connectivity index (χ3n) is 3.68. The van der Waals surface area contributed by atoms with Gasteiger partial charge >= 0.3 is 0 Å². The summed E-state index contributed by atoms with van der Waals surface area (Å²) in [6.45, 7) is 2.66. The van der Waals surface area contributed by atoms with Gasteiger partial charge in [-0.15, -0.1) is 0 Å². The number of aromatic nitrogens is 1. The van der Waals surface area contributed by atoms with Crippen LogP contribution in [0.5, 0.6) is 11.6 Å². The first-order chi connectivity index (χ1) is 12.0. The molecule has 0 bridgehead atoms. The second-order valence-corrected chi connectivity index (χ2v) is 7.11. The van der Waals surface area contributed by atoms with Gasteiger partial charge in [0.05, 0.1) is 18.8 Å². The Balaban J connectivity index is 1.85. The van der Waals surface area contributed by atoms with Crippen LogP contribution >= 0.6 is 0 Å². The fraction of sp³-hybridized carbons (Fsp3) is 0.294. The summed E-state index contributed by atoms with van der Waals surface area (Å²) in [4.78, 5) is 16.4. The zero-order chi connectivity index (χ0) is 17.9. The largest absolute Gasteiger partial charge is 0.492 e. The van der Waals surface area contributed by atoms with E-state index < -0.39 is 15.9 Å². The number of amides is 1. The molecule has 0 radical (unpaired) electrons. The van der Waals surface area contributed by atoms with Gasteiger partial charge in [-0.1, -0.05) is 12.1 Å². The van der Waals surface area contributed by atoms with Crippen LogP contribution < -0.4 is 14.2 Å². The number of aryl methyl sites for hydroxylation is 1. The summed E-state index contributed by atoms with van der Waals surface area (Å²) in [5.74, 6) is -0.0539. The van der Waals surface area contributed by atoms with Crippen molar-refractivity contribution in [1.82, 2.24) is 9.71 Å². The first-order valence-corrected chi connectivity index (χ1v) is 9.40. The second-order valence-electron chi connectivity index (χ2n) is 5.45. The monoisotopic (exact) mass is 362 g/mol. The number of sulfonamides is 1. The first-order valence-electron chi connectivity index (χ1n) is 7.92. The summed E-state index contributed by atoms with van der Waals surface area (Å²) in [6.07, 6.45) is 2.88. The predicted octanol–water partition coefficient (Wildman–Crippen LogP) is 1.92. The molecule has 0 aliphatic carbocycles. The summed E-state index contributed by atoms with van der Waals surface area (Å²) in [6, 6.07) is 7.78. The zero-order valence-electron chi connectivity index (χ0n) is 13.7. The maximum atomic E-state index is 12.5. The molecule has 1 N–H and O–H groups in total. The van der Waals surface area contributed by atoms with Gasteiger partial charge in [-0.05, 0) is 38.0 Å². The Kier molecular flexibility index (Phi) is 4.89. The minimum Gasteiger partial charge on any atom is -0.492 e. The fourth-order valence-electron chi connectivity index (χ4n) is 2.55. The average molecular weight is 362 g/mol. The van der Waals surface area contributed by atoms with E-state index in [1.807, 2.05) is 0 Å². The van der Waals surface area contributed by atoms with Crippen LogP contribution in [0.3, 0.4) is 0 Å². The van der Waals surface area contributed by atoms with Crippen LogP contribution in [0.25, 0.3) is 0 Å². The lowest BCUT2D eigenvalue weighted by molar-refractivity contribution is 0.0980. The third-order valence-corrected chi connectivity index (χ3v) is 5.05. The molecule has 7 nitrogen and oxygen atoms in total. The summed E-state index contributed by atoms with van der Waals surface area (Å²) < 4.78 is 37.9. The number of carbonyl (C=O) groups is 1. The van der Waals surface area contributed by atoms with E-state index in [1.165, 1.54) is 12.3 Å². The predicted molar refractivity (Wildman–Crippen MR) is 90.3 cm³/mol. The normalized spacial score (nSPS) is 13.5. The lowest BCUT2D eigenvalue weighted by atomic mass is 10.1. The zero-order valence-corrected chi connectivity index (χ0v) is 14.5. The molecular weight excluding hydrogens is 344 g/mol. The molecule has 1 aliphatic heterocycles. The molecule has 1 aromatic heterocycles. The molecule has 0 fully saturated rings. The van der Waals surface area contributed by atoms with E-state index >= 15 is 0 Å². The van der Waals surface area contributed by atoms with Crippen molar-refractivity contribution in [3.8, 4) is 11.6 Å². The van der Waals surface area contributed by atoms with Gasteiger partial charge in [0.25, 0.3) is 15.9 Å². The van der Waals surface area contributed by atoms with Crippen molar-refractivity contribution in [2.75, 3.05) is 13.2 Å². The number of benzene rings is 1. The molecule has 0 atom stereocenters. The number of fused-ring (bicyclic) bond motifs is 1. The average Bonchev–Trinajstić information content (AvgIpc) is 2.61. The number of ether oxygens (including phenoxy) is 2. The molecule has 8 heteroatoms. The first kappa shape index (κ1) is 17.2. The Labute approximate surface area is 146 Å². The van der Waals surface area contributed by atoms with Gasteiger partial charge in [0.1, 0.15) is 10.6 Å². The highest BCUT2D eigenvalue weighted by Gasteiger charge is 2.24. The summed E-state index contributed by atoms with van der Waals surface area (Å²) in [5.41, 5.74) is 0.965. The molecule has 1 aromatic carbocycles. The van der Waals surface area contributed by atoms with Gasteiger partial charge in [0.15, 0.2) is 0 Å². The van der Waals surface area contributed by atoms with E-state index in [0.717, 1.165) is 18.4 Å². The Bertz CT molecular complexity index is 896. The van der Waals surface area contributed by atoms with Crippen molar-refractivity contribution in [3.05, 3.63) is 47.7 Å². The van der Waals surface area contributed by atoms with Crippen LogP contribution in [0.2, 0.25) is 0 Å². The van der Waals surface area contributed by atoms with Crippen molar-refractivity contribution in [2.45, 2.75) is 24.7 Å². The summed E-state index contributed by atoms with van der Waals surface area (Å²) >= 11 is 0.